The summed E-state index contributed by atoms with van der Waals surface area (Å²) in [5, 5.41) is 6.55. The Balaban J connectivity index is 1.79. The highest BCUT2D eigenvalue weighted by Crippen LogP contribution is 2.33. The third-order valence-corrected chi connectivity index (χ3v) is 5.03. The van der Waals surface area contributed by atoms with E-state index in [4.69, 9.17) is 4.74 Å². The average Bonchev–Trinajstić information content (AvgIpc) is 3.19. The molecule has 0 bridgehead atoms. The van der Waals surface area contributed by atoms with E-state index in [-0.39, 0.29) is 17.5 Å². The van der Waals surface area contributed by atoms with E-state index in [1.54, 1.807) is 24.0 Å². The molecule has 2 aromatic rings. The lowest BCUT2D eigenvalue weighted by Crippen LogP contribution is -2.33. The molecule has 0 saturated heterocycles. The van der Waals surface area contributed by atoms with Gasteiger partial charge in [-0.05, 0) is 26.2 Å². The minimum Gasteiger partial charge on any atom is -0.461 e. The van der Waals surface area contributed by atoms with Crippen molar-refractivity contribution >= 4 is 28.3 Å². The second kappa shape index (κ2) is 6.72. The summed E-state index contributed by atoms with van der Waals surface area (Å²) in [5.41, 5.74) is 2.24. The SMILES string of the molecule is CCOC(=O)c1csc(N(C)C(=O)C2CCCc3nn(C)cc32)n1. The quantitative estimate of drug-likeness (QED) is 0.791. The largest absolute Gasteiger partial charge is 0.461 e. The summed E-state index contributed by atoms with van der Waals surface area (Å²) < 4.78 is 6.70. The van der Waals surface area contributed by atoms with Gasteiger partial charge in [-0.25, -0.2) is 9.78 Å². The smallest absolute Gasteiger partial charge is 0.357 e. The standard InChI is InChI=1S/C16H20N4O3S/c1-4-23-15(22)13-9-24-16(17-13)20(3)14(21)10-6-5-7-12-11(10)8-19(2)18-12/h8-10H,4-7H2,1-3H3. The van der Waals surface area contributed by atoms with Crippen molar-refractivity contribution in [2.75, 3.05) is 18.6 Å². The summed E-state index contributed by atoms with van der Waals surface area (Å²) in [7, 11) is 3.57. The average molecular weight is 348 g/mol. The normalized spacial score (nSPS) is 16.5. The number of rotatable bonds is 4. The third-order valence-electron chi connectivity index (χ3n) is 4.11. The van der Waals surface area contributed by atoms with Gasteiger partial charge in [0.15, 0.2) is 10.8 Å². The molecule has 128 valence electrons. The molecule has 1 aliphatic rings. The first-order chi connectivity index (χ1) is 11.5. The van der Waals surface area contributed by atoms with Gasteiger partial charge >= 0.3 is 5.97 Å². The van der Waals surface area contributed by atoms with Gasteiger partial charge in [-0.3, -0.25) is 14.4 Å². The number of aromatic nitrogens is 3. The van der Waals surface area contributed by atoms with Crippen LogP contribution in [0, 0.1) is 0 Å². The summed E-state index contributed by atoms with van der Waals surface area (Å²) >= 11 is 1.26. The Morgan fingerprint density at radius 2 is 2.29 bits per heavy atom. The molecule has 0 aliphatic heterocycles. The number of nitrogens with zero attached hydrogens (tertiary/aromatic N) is 4. The van der Waals surface area contributed by atoms with Gasteiger partial charge in [-0.2, -0.15) is 5.10 Å². The number of thiazole rings is 1. The van der Waals surface area contributed by atoms with Crippen LogP contribution in [-0.2, 0) is 23.0 Å². The fourth-order valence-corrected chi connectivity index (χ4v) is 3.73. The van der Waals surface area contributed by atoms with E-state index < -0.39 is 5.97 Å². The Morgan fingerprint density at radius 3 is 3.04 bits per heavy atom. The third kappa shape index (κ3) is 3.06. The van der Waals surface area contributed by atoms with Crippen molar-refractivity contribution in [3.63, 3.8) is 0 Å². The maximum atomic E-state index is 12.9. The molecular weight excluding hydrogens is 328 g/mol. The van der Waals surface area contributed by atoms with Crippen LogP contribution in [-0.4, -0.2) is 40.3 Å². The highest BCUT2D eigenvalue weighted by atomic mass is 32.1. The van der Waals surface area contributed by atoms with E-state index in [0.717, 1.165) is 30.5 Å². The monoisotopic (exact) mass is 348 g/mol. The predicted molar refractivity (Wildman–Crippen MR) is 90.4 cm³/mol. The molecule has 0 aromatic carbocycles. The summed E-state index contributed by atoms with van der Waals surface area (Å²) in [5.74, 6) is -0.691. The maximum Gasteiger partial charge on any atom is 0.357 e. The number of carbonyl (C=O) groups excluding carboxylic acids is 2. The highest BCUT2D eigenvalue weighted by Gasteiger charge is 2.32. The van der Waals surface area contributed by atoms with Crippen molar-refractivity contribution in [3.8, 4) is 0 Å². The predicted octanol–water partition coefficient (Wildman–Crippen LogP) is 2.14. The zero-order chi connectivity index (χ0) is 17.3. The topological polar surface area (TPSA) is 77.3 Å². The molecule has 0 saturated carbocycles. The summed E-state index contributed by atoms with van der Waals surface area (Å²) in [6.45, 7) is 2.04. The highest BCUT2D eigenvalue weighted by molar-refractivity contribution is 7.14. The fraction of sp³-hybridized carbons (Fsp3) is 0.500. The Bertz CT molecular complexity index is 767. The molecule has 2 heterocycles. The minimum absolute atomic E-state index is 0.0197. The zero-order valence-corrected chi connectivity index (χ0v) is 14.8. The van der Waals surface area contributed by atoms with Gasteiger partial charge in [-0.15, -0.1) is 11.3 Å². The van der Waals surface area contributed by atoms with Crippen molar-refractivity contribution in [1.82, 2.24) is 14.8 Å². The molecule has 0 spiro atoms. The lowest BCUT2D eigenvalue weighted by molar-refractivity contribution is -0.120. The number of carbonyl (C=O) groups is 2. The number of anilines is 1. The van der Waals surface area contributed by atoms with Crippen LogP contribution in [0.3, 0.4) is 0 Å². The van der Waals surface area contributed by atoms with Crippen LogP contribution in [0.1, 0.15) is 47.4 Å². The second-order valence-electron chi connectivity index (χ2n) is 5.78. The van der Waals surface area contributed by atoms with Crippen LogP contribution in [0.25, 0.3) is 0 Å². The van der Waals surface area contributed by atoms with Crippen LogP contribution in [0.2, 0.25) is 0 Å². The van der Waals surface area contributed by atoms with Gasteiger partial charge in [0.1, 0.15) is 0 Å². The molecule has 7 nitrogen and oxygen atoms in total. The molecular formula is C16H20N4O3S. The molecule has 0 N–H and O–H groups in total. The minimum atomic E-state index is -0.465. The first kappa shape index (κ1) is 16.6. The van der Waals surface area contributed by atoms with E-state index in [1.165, 1.54) is 16.2 Å². The van der Waals surface area contributed by atoms with Gasteiger partial charge < -0.3 is 4.74 Å². The van der Waals surface area contributed by atoms with Crippen LogP contribution >= 0.6 is 11.3 Å². The van der Waals surface area contributed by atoms with Gasteiger partial charge in [0.05, 0.1) is 18.2 Å². The summed E-state index contributed by atoms with van der Waals surface area (Å²) in [6, 6.07) is 0. The van der Waals surface area contributed by atoms with E-state index >= 15 is 0 Å². The van der Waals surface area contributed by atoms with Crippen LogP contribution in [0.4, 0.5) is 5.13 Å². The van der Waals surface area contributed by atoms with E-state index in [9.17, 15) is 9.59 Å². The molecule has 1 aliphatic carbocycles. The molecule has 0 radical (unpaired) electrons. The van der Waals surface area contributed by atoms with E-state index in [0.29, 0.717) is 11.7 Å². The summed E-state index contributed by atoms with van der Waals surface area (Å²) in [4.78, 5) is 30.4. The maximum absolute atomic E-state index is 12.9. The molecule has 24 heavy (non-hydrogen) atoms. The van der Waals surface area contributed by atoms with Gasteiger partial charge in [-0.1, -0.05) is 0 Å². The lowest BCUT2D eigenvalue weighted by atomic mass is 9.86. The van der Waals surface area contributed by atoms with Gasteiger partial charge in [0, 0.05) is 31.2 Å². The Hall–Kier alpha value is -2.22. The van der Waals surface area contributed by atoms with Crippen LogP contribution in [0.15, 0.2) is 11.6 Å². The van der Waals surface area contributed by atoms with Crippen molar-refractivity contribution < 1.29 is 14.3 Å². The fourth-order valence-electron chi connectivity index (χ4n) is 2.97. The first-order valence-electron chi connectivity index (χ1n) is 7.94. The number of hydrogen-bond donors (Lipinski definition) is 0. The number of ether oxygens (including phenoxy) is 1. The van der Waals surface area contributed by atoms with Crippen molar-refractivity contribution in [1.29, 1.82) is 0 Å². The number of fused-ring (bicyclic) bond motifs is 1. The molecule has 1 unspecified atom stereocenters. The Labute approximate surface area is 144 Å². The number of hydrogen-bond acceptors (Lipinski definition) is 6. The molecule has 1 atom stereocenters. The second-order valence-corrected chi connectivity index (χ2v) is 6.62. The Morgan fingerprint density at radius 1 is 1.50 bits per heavy atom. The Kier molecular flexibility index (Phi) is 4.66. The number of esters is 1. The zero-order valence-electron chi connectivity index (χ0n) is 14.0. The molecule has 8 heteroatoms. The van der Waals surface area contributed by atoms with Crippen molar-refractivity contribution in [2.24, 2.45) is 7.05 Å². The first-order valence-corrected chi connectivity index (χ1v) is 8.81. The van der Waals surface area contributed by atoms with Crippen LogP contribution < -0.4 is 4.90 Å². The molecule has 0 fully saturated rings. The molecule has 2 aromatic heterocycles. The van der Waals surface area contributed by atoms with Crippen molar-refractivity contribution in [3.05, 3.63) is 28.5 Å². The van der Waals surface area contributed by atoms with E-state index in [2.05, 4.69) is 10.1 Å². The van der Waals surface area contributed by atoms with Gasteiger partial charge in [0.25, 0.3) is 0 Å². The number of aryl methyl sites for hydroxylation is 2. The molecule has 1 amide bonds. The number of amides is 1. The summed E-state index contributed by atoms with van der Waals surface area (Å²) in [6.07, 6.45) is 4.59. The molecule has 3 rings (SSSR count). The van der Waals surface area contributed by atoms with Crippen molar-refractivity contribution in [2.45, 2.75) is 32.1 Å². The lowest BCUT2D eigenvalue weighted by Gasteiger charge is -2.24. The van der Waals surface area contributed by atoms with Crippen LogP contribution in [0.5, 0.6) is 0 Å². The van der Waals surface area contributed by atoms with Gasteiger partial charge in [0.2, 0.25) is 5.91 Å². The number of likely N-dealkylation sites (N-methyl/N-ethyl adjacent to an activating group) is 1. The van der Waals surface area contributed by atoms with E-state index in [1.807, 2.05) is 13.2 Å².